The van der Waals surface area contributed by atoms with Gasteiger partial charge in [0, 0.05) is 18.5 Å². The van der Waals surface area contributed by atoms with Crippen molar-refractivity contribution in [3.05, 3.63) is 36.4 Å². The quantitative estimate of drug-likeness (QED) is 0.716. The van der Waals surface area contributed by atoms with E-state index >= 15 is 0 Å². The molecule has 2 aromatic carbocycles. The lowest BCUT2D eigenvalue weighted by molar-refractivity contribution is 0.389. The number of rotatable bonds is 5. The summed E-state index contributed by atoms with van der Waals surface area (Å²) in [6.07, 6.45) is 0. The van der Waals surface area contributed by atoms with Crippen LogP contribution in [0.25, 0.3) is 10.8 Å². The van der Waals surface area contributed by atoms with Gasteiger partial charge in [-0.15, -0.1) is 0 Å². The first-order valence-corrected chi connectivity index (χ1v) is 7.00. The third-order valence-corrected chi connectivity index (χ3v) is 2.91. The first-order chi connectivity index (χ1) is 9.01. The molecule has 0 fully saturated rings. The Balaban J connectivity index is 2.57. The molecule has 102 valence electrons. The number of hydrogen-bond acceptors (Lipinski definition) is 5. The first-order valence-electron chi connectivity index (χ1n) is 5.64. The first kappa shape index (κ1) is 13.6. The third kappa shape index (κ3) is 3.34. The van der Waals surface area contributed by atoms with Crippen molar-refractivity contribution in [3.8, 4) is 5.75 Å². The van der Waals surface area contributed by atoms with Crippen LogP contribution in [0.1, 0.15) is 0 Å². The molecule has 19 heavy (non-hydrogen) atoms. The minimum Gasteiger partial charge on any atom is -0.381 e. The predicted octanol–water partition coefficient (Wildman–Crippen LogP) is 1.39. The second kappa shape index (κ2) is 5.43. The number of nitrogens with one attached hydrogen (secondary N) is 1. The van der Waals surface area contributed by atoms with Crippen molar-refractivity contribution in [2.75, 3.05) is 18.4 Å². The molecule has 0 aliphatic heterocycles. The minimum absolute atomic E-state index is 0.0639. The van der Waals surface area contributed by atoms with E-state index in [4.69, 9.17) is 10.3 Å². The molecule has 6 nitrogen and oxygen atoms in total. The van der Waals surface area contributed by atoms with Gasteiger partial charge >= 0.3 is 10.4 Å². The summed E-state index contributed by atoms with van der Waals surface area (Å²) in [4.78, 5) is 0. The maximum absolute atomic E-state index is 11.0. The van der Waals surface area contributed by atoms with Gasteiger partial charge < -0.3 is 15.2 Å². The Hall–Kier alpha value is -1.83. The van der Waals surface area contributed by atoms with Gasteiger partial charge in [-0.2, -0.15) is 8.42 Å². The van der Waals surface area contributed by atoms with Crippen LogP contribution < -0.4 is 15.2 Å². The van der Waals surface area contributed by atoms with E-state index < -0.39 is 10.4 Å². The summed E-state index contributed by atoms with van der Waals surface area (Å²) in [5.74, 6) is 0.0639. The molecule has 0 saturated heterocycles. The van der Waals surface area contributed by atoms with Gasteiger partial charge in [0.25, 0.3) is 0 Å². The lowest BCUT2D eigenvalue weighted by atomic mass is 10.1. The fraction of sp³-hybridized carbons (Fsp3) is 0.167. The molecule has 0 radical (unpaired) electrons. The topological polar surface area (TPSA) is 102 Å². The zero-order chi connectivity index (χ0) is 13.9. The molecule has 2 rings (SSSR count). The molecular weight excluding hydrogens is 268 g/mol. The van der Waals surface area contributed by atoms with Crippen LogP contribution in [0.15, 0.2) is 36.4 Å². The molecule has 7 heteroatoms. The summed E-state index contributed by atoms with van der Waals surface area (Å²) >= 11 is 0. The Bertz CT molecular complexity index is 685. The maximum Gasteiger partial charge on any atom is 0.446 e. The summed E-state index contributed by atoms with van der Waals surface area (Å²) in [6, 6.07) is 10.6. The van der Waals surface area contributed by atoms with Crippen molar-refractivity contribution in [2.45, 2.75) is 0 Å². The normalized spacial score (nSPS) is 11.5. The van der Waals surface area contributed by atoms with Crippen LogP contribution in [0.2, 0.25) is 0 Å². The molecule has 0 bridgehead atoms. The fourth-order valence-corrected chi connectivity index (χ4v) is 2.17. The molecular formula is C12H14N2O4S. The van der Waals surface area contributed by atoms with E-state index in [-0.39, 0.29) is 5.75 Å². The minimum atomic E-state index is -4.59. The Morgan fingerprint density at radius 2 is 1.95 bits per heavy atom. The van der Waals surface area contributed by atoms with Gasteiger partial charge in [0.15, 0.2) is 5.75 Å². The predicted molar refractivity (Wildman–Crippen MR) is 73.7 cm³/mol. The van der Waals surface area contributed by atoms with Gasteiger partial charge in [0.05, 0.1) is 5.69 Å². The van der Waals surface area contributed by atoms with Gasteiger partial charge in [-0.1, -0.05) is 30.3 Å². The molecule has 0 amide bonds. The van der Waals surface area contributed by atoms with Crippen LogP contribution in [0.5, 0.6) is 5.75 Å². The van der Waals surface area contributed by atoms with Gasteiger partial charge in [-0.3, -0.25) is 4.55 Å². The Kier molecular flexibility index (Phi) is 3.89. The highest BCUT2D eigenvalue weighted by Crippen LogP contribution is 2.34. The largest absolute Gasteiger partial charge is 0.446 e. The van der Waals surface area contributed by atoms with Crippen molar-refractivity contribution in [1.29, 1.82) is 0 Å². The van der Waals surface area contributed by atoms with Gasteiger partial charge in [0.1, 0.15) is 0 Å². The molecule has 0 aliphatic rings. The molecule has 0 aliphatic carbocycles. The van der Waals surface area contributed by atoms with E-state index in [9.17, 15) is 8.42 Å². The van der Waals surface area contributed by atoms with Crippen LogP contribution in [0.3, 0.4) is 0 Å². The van der Waals surface area contributed by atoms with Crippen LogP contribution in [0, 0.1) is 0 Å². The monoisotopic (exact) mass is 282 g/mol. The van der Waals surface area contributed by atoms with Gasteiger partial charge in [-0.25, -0.2) is 0 Å². The zero-order valence-electron chi connectivity index (χ0n) is 10.0. The van der Waals surface area contributed by atoms with Crippen molar-refractivity contribution >= 4 is 26.9 Å². The smallest absolute Gasteiger partial charge is 0.381 e. The average Bonchev–Trinajstić information content (AvgIpc) is 2.36. The van der Waals surface area contributed by atoms with Gasteiger partial charge in [-0.05, 0) is 11.5 Å². The maximum atomic E-state index is 11.0. The Labute approximate surface area is 111 Å². The van der Waals surface area contributed by atoms with E-state index in [0.29, 0.717) is 24.2 Å². The van der Waals surface area contributed by atoms with Crippen LogP contribution in [-0.4, -0.2) is 26.1 Å². The van der Waals surface area contributed by atoms with E-state index in [0.717, 1.165) is 5.39 Å². The number of benzene rings is 2. The number of nitrogens with two attached hydrogens (primary N) is 1. The average molecular weight is 282 g/mol. The third-order valence-electron chi connectivity index (χ3n) is 2.53. The van der Waals surface area contributed by atoms with E-state index in [1.165, 1.54) is 0 Å². The SMILES string of the molecule is NCCNc1ccc2ccccc2c1OS(=O)(=O)O. The Morgan fingerprint density at radius 1 is 1.21 bits per heavy atom. The second-order valence-electron chi connectivity index (χ2n) is 3.89. The number of anilines is 1. The molecule has 4 N–H and O–H groups in total. The van der Waals surface area contributed by atoms with Crippen molar-refractivity contribution in [1.82, 2.24) is 0 Å². The summed E-state index contributed by atoms with van der Waals surface area (Å²) < 4.78 is 35.4. The van der Waals surface area contributed by atoms with Crippen LogP contribution in [-0.2, 0) is 10.4 Å². The highest BCUT2D eigenvalue weighted by atomic mass is 32.3. The fourth-order valence-electron chi connectivity index (χ4n) is 1.78. The van der Waals surface area contributed by atoms with Crippen LogP contribution >= 0.6 is 0 Å². The summed E-state index contributed by atoms with van der Waals surface area (Å²) in [7, 11) is -4.59. The molecule has 0 atom stereocenters. The molecule has 0 unspecified atom stereocenters. The summed E-state index contributed by atoms with van der Waals surface area (Å²) in [6.45, 7) is 0.846. The van der Waals surface area contributed by atoms with Crippen molar-refractivity contribution in [3.63, 3.8) is 0 Å². The van der Waals surface area contributed by atoms with E-state index in [1.807, 2.05) is 18.2 Å². The number of hydrogen-bond donors (Lipinski definition) is 3. The molecule has 0 heterocycles. The standard InChI is InChI=1S/C12H14N2O4S/c13-7-8-14-11-6-5-9-3-1-2-4-10(9)12(11)18-19(15,16)17/h1-6,14H,7-8,13H2,(H,15,16,17). The molecule has 0 aromatic heterocycles. The molecule has 0 spiro atoms. The molecule has 2 aromatic rings. The second-order valence-corrected chi connectivity index (χ2v) is 4.91. The zero-order valence-corrected chi connectivity index (χ0v) is 10.9. The lowest BCUT2D eigenvalue weighted by Crippen LogP contribution is -2.15. The van der Waals surface area contributed by atoms with E-state index in [2.05, 4.69) is 9.50 Å². The highest BCUT2D eigenvalue weighted by Gasteiger charge is 2.15. The van der Waals surface area contributed by atoms with Crippen molar-refractivity contribution < 1.29 is 17.2 Å². The van der Waals surface area contributed by atoms with Crippen LogP contribution in [0.4, 0.5) is 5.69 Å². The lowest BCUT2D eigenvalue weighted by Gasteiger charge is -2.13. The van der Waals surface area contributed by atoms with Crippen molar-refractivity contribution in [2.24, 2.45) is 5.73 Å². The summed E-state index contributed by atoms with van der Waals surface area (Å²) in [5.41, 5.74) is 5.86. The number of fused-ring (bicyclic) bond motifs is 1. The molecule has 0 saturated carbocycles. The van der Waals surface area contributed by atoms with Gasteiger partial charge in [0.2, 0.25) is 0 Å². The Morgan fingerprint density at radius 3 is 2.63 bits per heavy atom. The van der Waals surface area contributed by atoms with E-state index in [1.54, 1.807) is 18.2 Å². The summed E-state index contributed by atoms with van der Waals surface area (Å²) in [5, 5.41) is 4.34. The highest BCUT2D eigenvalue weighted by molar-refractivity contribution is 7.81.